The zero-order valence-corrected chi connectivity index (χ0v) is 24.1. The van der Waals surface area contributed by atoms with Gasteiger partial charge in [0.05, 0.1) is 41.6 Å². The van der Waals surface area contributed by atoms with E-state index in [9.17, 15) is 4.79 Å². The summed E-state index contributed by atoms with van der Waals surface area (Å²) in [4.78, 5) is 17.6. The van der Waals surface area contributed by atoms with Crippen molar-refractivity contribution in [3.05, 3.63) is 60.0 Å². The van der Waals surface area contributed by atoms with Gasteiger partial charge in [-0.1, -0.05) is 11.6 Å². The molecule has 0 aliphatic carbocycles. The number of unbranched alkanes of at least 4 members (excludes halogenated alkanes) is 1. The van der Waals surface area contributed by atoms with Crippen LogP contribution in [0, 0.1) is 0 Å². The molecule has 216 valence electrons. The van der Waals surface area contributed by atoms with Crippen LogP contribution in [-0.2, 0) is 16.0 Å². The van der Waals surface area contributed by atoms with Gasteiger partial charge in [0, 0.05) is 29.2 Å². The summed E-state index contributed by atoms with van der Waals surface area (Å²) in [6.07, 6.45) is 6.47. The summed E-state index contributed by atoms with van der Waals surface area (Å²) in [6.45, 7) is 8.58. The maximum absolute atomic E-state index is 12.9. The van der Waals surface area contributed by atoms with E-state index in [0.29, 0.717) is 48.2 Å². The first-order chi connectivity index (χ1) is 19.8. The monoisotopic (exact) mass is 579 g/mol. The van der Waals surface area contributed by atoms with Crippen LogP contribution in [0.25, 0.3) is 27.6 Å². The van der Waals surface area contributed by atoms with Crippen molar-refractivity contribution in [1.29, 1.82) is 0 Å². The Balaban J connectivity index is 1.04. The molecule has 0 aliphatic rings. The minimum atomic E-state index is -0.625. The van der Waals surface area contributed by atoms with Crippen molar-refractivity contribution in [2.24, 2.45) is 0 Å². The highest BCUT2D eigenvalue weighted by Crippen LogP contribution is 2.26. The molecule has 2 aromatic carbocycles. The molecule has 0 saturated carbocycles. The van der Waals surface area contributed by atoms with E-state index in [-0.39, 0.29) is 0 Å². The van der Waals surface area contributed by atoms with Gasteiger partial charge in [-0.3, -0.25) is 9.67 Å². The molecule has 3 aromatic heterocycles. The lowest BCUT2D eigenvalue weighted by Crippen LogP contribution is -2.29. The Labute approximate surface area is 242 Å². The van der Waals surface area contributed by atoms with E-state index in [1.807, 2.05) is 37.5 Å². The number of imidazole rings is 1. The molecule has 0 aliphatic heterocycles. The Kier molecular flexibility index (Phi) is 8.81. The average Bonchev–Trinajstić information content (AvgIpc) is 3.68. The van der Waals surface area contributed by atoms with E-state index in [0.717, 1.165) is 41.7 Å². The fourth-order valence-corrected chi connectivity index (χ4v) is 4.57. The number of hydrogen-bond acceptors (Lipinski definition) is 9. The number of H-pyrrole nitrogens is 1. The lowest BCUT2D eigenvalue weighted by Gasteiger charge is -2.20. The molecule has 0 fully saturated rings. The van der Waals surface area contributed by atoms with Crippen LogP contribution in [0.3, 0.4) is 0 Å². The fourth-order valence-electron chi connectivity index (χ4n) is 4.41. The number of nitrogens with zero attached hydrogens (tertiary/aromatic N) is 6. The van der Waals surface area contributed by atoms with Gasteiger partial charge < -0.3 is 20.1 Å². The summed E-state index contributed by atoms with van der Waals surface area (Å²) < 4.78 is 14.8. The number of carbonyl (C=O) groups excluding carboxylic acids is 1. The molecular formula is C28H34ClN9O3. The molecule has 0 radical (unpaired) electrons. The van der Waals surface area contributed by atoms with E-state index in [4.69, 9.17) is 21.1 Å². The van der Waals surface area contributed by atoms with Gasteiger partial charge in [-0.15, -0.1) is 10.2 Å². The molecule has 0 amide bonds. The lowest BCUT2D eigenvalue weighted by atomic mass is 10.2. The van der Waals surface area contributed by atoms with Crippen LogP contribution in [-0.4, -0.2) is 72.5 Å². The van der Waals surface area contributed by atoms with E-state index in [1.54, 1.807) is 37.1 Å². The minimum absolute atomic E-state index is 0.424. The van der Waals surface area contributed by atoms with Crippen LogP contribution in [0.4, 0.5) is 10.5 Å². The number of halogens is 1. The van der Waals surface area contributed by atoms with Crippen LogP contribution in [0.1, 0.15) is 39.4 Å². The first-order valence-electron chi connectivity index (χ1n) is 13.5. The van der Waals surface area contributed by atoms with E-state index < -0.39 is 11.7 Å². The number of anilines is 1. The smallest absolute Gasteiger partial charge is 0.420 e. The highest BCUT2D eigenvalue weighted by atomic mass is 35.5. The summed E-state index contributed by atoms with van der Waals surface area (Å²) in [5.41, 5.74) is 3.53. The fraction of sp³-hybridized carbons (Fsp3) is 0.393. The first-order valence-corrected chi connectivity index (χ1v) is 13.9. The van der Waals surface area contributed by atoms with Crippen LogP contribution in [0.5, 0.6) is 0 Å². The van der Waals surface area contributed by atoms with Crippen molar-refractivity contribution in [1.82, 2.24) is 39.8 Å². The number of hydrogen-bond donors (Lipinski definition) is 3. The Morgan fingerprint density at radius 1 is 1.07 bits per heavy atom. The number of benzene rings is 2. The van der Waals surface area contributed by atoms with Crippen LogP contribution in [0.2, 0.25) is 5.02 Å². The number of carbonyl (C=O) groups is 1. The van der Waals surface area contributed by atoms with Crippen molar-refractivity contribution >= 4 is 45.3 Å². The van der Waals surface area contributed by atoms with Crippen molar-refractivity contribution in [2.75, 3.05) is 31.6 Å². The number of aromatic amines is 1. The molecule has 0 spiro atoms. The van der Waals surface area contributed by atoms with Gasteiger partial charge in [0.25, 0.3) is 0 Å². The SMILES string of the molecule is CC(C)(C)OC(=O)n1c(CNCCCCOCCNc2cc(-n3cnnc3)cc3[nH]ncc23)nc2ccc(Cl)cc21. The van der Waals surface area contributed by atoms with E-state index >= 15 is 0 Å². The molecule has 0 atom stereocenters. The third-order valence-electron chi connectivity index (χ3n) is 6.26. The summed E-state index contributed by atoms with van der Waals surface area (Å²) in [5.74, 6) is 0.582. The normalized spacial score (nSPS) is 11.9. The third-order valence-corrected chi connectivity index (χ3v) is 6.49. The summed E-state index contributed by atoms with van der Waals surface area (Å²) in [5, 5.41) is 23.3. The molecule has 3 heterocycles. The van der Waals surface area contributed by atoms with Gasteiger partial charge in [-0.25, -0.2) is 14.3 Å². The van der Waals surface area contributed by atoms with Gasteiger partial charge in [0.1, 0.15) is 24.1 Å². The zero-order chi connectivity index (χ0) is 28.8. The third kappa shape index (κ3) is 7.20. The van der Waals surface area contributed by atoms with Gasteiger partial charge in [0.2, 0.25) is 0 Å². The summed E-state index contributed by atoms with van der Waals surface area (Å²) in [7, 11) is 0. The number of fused-ring (bicyclic) bond motifs is 2. The van der Waals surface area contributed by atoms with Crippen molar-refractivity contribution in [3.63, 3.8) is 0 Å². The number of rotatable bonds is 12. The largest absolute Gasteiger partial charge is 0.443 e. The van der Waals surface area contributed by atoms with Crippen LogP contribution < -0.4 is 10.6 Å². The second-order valence-electron chi connectivity index (χ2n) is 10.6. The molecule has 5 aromatic rings. The average molecular weight is 580 g/mol. The van der Waals surface area contributed by atoms with Crippen molar-refractivity contribution in [3.8, 4) is 5.69 Å². The van der Waals surface area contributed by atoms with Crippen LogP contribution >= 0.6 is 11.6 Å². The highest BCUT2D eigenvalue weighted by Gasteiger charge is 2.23. The highest BCUT2D eigenvalue weighted by molar-refractivity contribution is 6.31. The second kappa shape index (κ2) is 12.7. The maximum Gasteiger partial charge on any atom is 0.420 e. The van der Waals surface area contributed by atoms with Gasteiger partial charge >= 0.3 is 6.09 Å². The number of nitrogens with one attached hydrogen (secondary N) is 3. The summed E-state index contributed by atoms with van der Waals surface area (Å²) >= 11 is 6.19. The van der Waals surface area contributed by atoms with Crippen molar-refractivity contribution in [2.45, 2.75) is 45.8 Å². The maximum atomic E-state index is 12.9. The molecular weight excluding hydrogens is 546 g/mol. The molecule has 5 rings (SSSR count). The zero-order valence-electron chi connectivity index (χ0n) is 23.4. The number of aromatic nitrogens is 7. The molecule has 0 saturated heterocycles. The van der Waals surface area contributed by atoms with Gasteiger partial charge in [-0.05, 0) is 70.5 Å². The number of ether oxygens (including phenoxy) is 2. The first kappa shape index (κ1) is 28.5. The molecule has 41 heavy (non-hydrogen) atoms. The Morgan fingerprint density at radius 3 is 2.71 bits per heavy atom. The van der Waals surface area contributed by atoms with E-state index in [1.165, 1.54) is 4.57 Å². The lowest BCUT2D eigenvalue weighted by molar-refractivity contribution is 0.0538. The molecule has 3 N–H and O–H groups in total. The molecule has 13 heteroatoms. The quantitative estimate of drug-likeness (QED) is 0.176. The van der Waals surface area contributed by atoms with Crippen LogP contribution in [0.15, 0.2) is 49.2 Å². The predicted molar refractivity (Wildman–Crippen MR) is 158 cm³/mol. The van der Waals surface area contributed by atoms with Gasteiger partial charge in [-0.2, -0.15) is 5.10 Å². The van der Waals surface area contributed by atoms with Crippen molar-refractivity contribution < 1.29 is 14.3 Å². The topological polar surface area (TPSA) is 137 Å². The standard InChI is InChI=1S/C28H34ClN9O3/c1-28(2,3)41-27(39)38-25-12-19(29)6-7-22(25)35-26(38)16-30-8-4-5-10-40-11-9-31-23-13-20(37-17-33-34-18-37)14-24-21(23)15-32-36-24/h6-7,12-15,17-18,30-31H,4-5,8-11,16H2,1-3H3,(H,32,36). The second-order valence-corrected chi connectivity index (χ2v) is 11.0. The Morgan fingerprint density at radius 2 is 1.90 bits per heavy atom. The van der Waals surface area contributed by atoms with Gasteiger partial charge in [0.15, 0.2) is 0 Å². The predicted octanol–water partition coefficient (Wildman–Crippen LogP) is 4.93. The Hall–Kier alpha value is -4.00. The Bertz CT molecular complexity index is 1610. The molecule has 0 bridgehead atoms. The molecule has 12 nitrogen and oxygen atoms in total. The molecule has 0 unspecified atom stereocenters. The minimum Gasteiger partial charge on any atom is -0.443 e. The van der Waals surface area contributed by atoms with E-state index in [2.05, 4.69) is 36.0 Å². The summed E-state index contributed by atoms with van der Waals surface area (Å²) in [6, 6.07) is 9.34.